The molecule has 7 heteroatoms. The number of nitrogens with zero attached hydrogens (tertiary/aromatic N) is 2. The first-order chi connectivity index (χ1) is 9.99. The van der Waals surface area contributed by atoms with Crippen molar-refractivity contribution < 1.29 is 8.42 Å². The molecule has 0 saturated heterocycles. The first kappa shape index (κ1) is 19.2. The molecule has 0 spiro atoms. The summed E-state index contributed by atoms with van der Waals surface area (Å²) < 4.78 is 22.2. The summed E-state index contributed by atoms with van der Waals surface area (Å²) in [6.07, 6.45) is 2.88. The third kappa shape index (κ3) is 5.75. The number of rotatable bonds is 4. The minimum atomic E-state index is -2.89. The average Bonchev–Trinajstić information content (AvgIpc) is 2.46. The number of hydrogen-bond donors (Lipinski definition) is 1. The molecule has 0 atom stereocenters. The van der Waals surface area contributed by atoms with Crippen molar-refractivity contribution >= 4 is 39.8 Å². The van der Waals surface area contributed by atoms with E-state index in [1.54, 1.807) is 7.05 Å². The molecule has 1 N–H and O–H groups in total. The van der Waals surface area contributed by atoms with Gasteiger partial charge in [0, 0.05) is 32.9 Å². The van der Waals surface area contributed by atoms with Crippen molar-refractivity contribution in [3.8, 4) is 0 Å². The van der Waals surface area contributed by atoms with Gasteiger partial charge in [-0.05, 0) is 24.0 Å². The van der Waals surface area contributed by atoms with Crippen LogP contribution in [0.4, 0.5) is 0 Å². The molecule has 0 saturated carbocycles. The topological polar surface area (TPSA) is 61.8 Å². The fourth-order valence-electron chi connectivity index (χ4n) is 2.54. The van der Waals surface area contributed by atoms with Gasteiger partial charge in [0.05, 0.1) is 5.75 Å². The molecule has 0 aliphatic carbocycles. The number of sulfone groups is 1. The summed E-state index contributed by atoms with van der Waals surface area (Å²) in [5.74, 6) is 1.05. The summed E-state index contributed by atoms with van der Waals surface area (Å²) in [6.45, 7) is 2.41. The molecule has 0 radical (unpaired) electrons. The highest BCUT2D eigenvalue weighted by Gasteiger charge is 2.18. The van der Waals surface area contributed by atoms with Gasteiger partial charge in [-0.1, -0.05) is 24.3 Å². The second-order valence-electron chi connectivity index (χ2n) is 5.40. The van der Waals surface area contributed by atoms with Crippen molar-refractivity contribution in [2.75, 3.05) is 32.1 Å². The van der Waals surface area contributed by atoms with Crippen LogP contribution in [0.1, 0.15) is 17.5 Å². The molecule has 0 bridgehead atoms. The molecule has 1 aromatic carbocycles. The molecule has 2 rings (SSSR count). The highest BCUT2D eigenvalue weighted by molar-refractivity contribution is 14.0. The number of nitrogens with one attached hydrogen (secondary N) is 1. The van der Waals surface area contributed by atoms with Crippen molar-refractivity contribution in [3.63, 3.8) is 0 Å². The van der Waals surface area contributed by atoms with Gasteiger partial charge in [-0.25, -0.2) is 8.42 Å². The van der Waals surface area contributed by atoms with E-state index in [2.05, 4.69) is 39.5 Å². The van der Waals surface area contributed by atoms with Crippen LogP contribution in [0.2, 0.25) is 0 Å². The van der Waals surface area contributed by atoms with Crippen LogP contribution >= 0.6 is 24.0 Å². The van der Waals surface area contributed by atoms with Crippen LogP contribution in [-0.2, 0) is 22.8 Å². The summed E-state index contributed by atoms with van der Waals surface area (Å²) in [5.41, 5.74) is 2.74. The van der Waals surface area contributed by atoms with Gasteiger partial charge in [-0.3, -0.25) is 4.99 Å². The Morgan fingerprint density at radius 3 is 2.64 bits per heavy atom. The Bertz CT molecular complexity index is 617. The number of benzene rings is 1. The van der Waals surface area contributed by atoms with Gasteiger partial charge >= 0.3 is 0 Å². The summed E-state index contributed by atoms with van der Waals surface area (Å²) in [5, 5.41) is 3.25. The van der Waals surface area contributed by atoms with Gasteiger partial charge in [0.15, 0.2) is 5.96 Å². The molecule has 0 aromatic heterocycles. The number of fused-ring (bicyclic) bond motifs is 1. The molecular formula is C15H24IN3O2S. The Labute approximate surface area is 150 Å². The van der Waals surface area contributed by atoms with E-state index in [1.165, 1.54) is 17.4 Å². The smallest absolute Gasteiger partial charge is 0.193 e. The van der Waals surface area contributed by atoms with Crippen LogP contribution in [0.5, 0.6) is 0 Å². The highest BCUT2D eigenvalue weighted by atomic mass is 127. The van der Waals surface area contributed by atoms with Gasteiger partial charge in [-0.2, -0.15) is 0 Å². The normalized spacial score (nSPS) is 15.0. The monoisotopic (exact) mass is 437 g/mol. The molecule has 1 aromatic rings. The fraction of sp³-hybridized carbons (Fsp3) is 0.533. The van der Waals surface area contributed by atoms with E-state index < -0.39 is 9.84 Å². The molecule has 124 valence electrons. The second-order valence-corrected chi connectivity index (χ2v) is 7.66. The molecule has 1 aliphatic rings. The predicted octanol–water partition coefficient (Wildman–Crippen LogP) is 1.67. The summed E-state index contributed by atoms with van der Waals surface area (Å²) in [6, 6.07) is 8.46. The zero-order chi connectivity index (χ0) is 15.3. The van der Waals surface area contributed by atoms with Crippen LogP contribution in [0.3, 0.4) is 0 Å². The number of guanidine groups is 1. The van der Waals surface area contributed by atoms with E-state index in [1.807, 2.05) is 0 Å². The zero-order valence-electron chi connectivity index (χ0n) is 13.1. The lowest BCUT2D eigenvalue weighted by Gasteiger charge is -2.31. The molecule has 0 amide bonds. The van der Waals surface area contributed by atoms with Crippen molar-refractivity contribution in [1.82, 2.24) is 10.2 Å². The third-order valence-corrected chi connectivity index (χ3v) is 4.65. The lowest BCUT2D eigenvalue weighted by molar-refractivity contribution is 0.379. The minimum absolute atomic E-state index is 0. The van der Waals surface area contributed by atoms with E-state index >= 15 is 0 Å². The lowest BCUT2D eigenvalue weighted by atomic mass is 10.0. The summed E-state index contributed by atoms with van der Waals surface area (Å²) in [4.78, 5) is 6.51. The Hall–Kier alpha value is -0.830. The first-order valence-corrected chi connectivity index (χ1v) is 9.26. The van der Waals surface area contributed by atoms with Gasteiger partial charge < -0.3 is 10.2 Å². The maximum atomic E-state index is 11.1. The van der Waals surface area contributed by atoms with E-state index in [9.17, 15) is 8.42 Å². The Kier molecular flexibility index (Phi) is 7.61. The van der Waals surface area contributed by atoms with E-state index in [0.29, 0.717) is 13.0 Å². The average molecular weight is 437 g/mol. The Morgan fingerprint density at radius 1 is 1.32 bits per heavy atom. The minimum Gasteiger partial charge on any atom is -0.356 e. The van der Waals surface area contributed by atoms with Crippen LogP contribution in [0.25, 0.3) is 0 Å². The van der Waals surface area contributed by atoms with E-state index in [0.717, 1.165) is 25.5 Å². The van der Waals surface area contributed by atoms with Crippen molar-refractivity contribution in [3.05, 3.63) is 35.4 Å². The fourth-order valence-corrected chi connectivity index (χ4v) is 3.21. The van der Waals surface area contributed by atoms with Gasteiger partial charge in [0.25, 0.3) is 0 Å². The van der Waals surface area contributed by atoms with Crippen LogP contribution in [0.15, 0.2) is 29.3 Å². The largest absolute Gasteiger partial charge is 0.356 e. The molecule has 1 heterocycles. The van der Waals surface area contributed by atoms with Crippen LogP contribution in [-0.4, -0.2) is 51.4 Å². The lowest BCUT2D eigenvalue weighted by Crippen LogP contribution is -2.44. The van der Waals surface area contributed by atoms with E-state index in [4.69, 9.17) is 0 Å². The molecule has 0 fully saturated rings. The molecule has 22 heavy (non-hydrogen) atoms. The van der Waals surface area contributed by atoms with Crippen LogP contribution < -0.4 is 5.32 Å². The Balaban J connectivity index is 0.00000242. The molecule has 5 nitrogen and oxygen atoms in total. The molecule has 1 aliphatic heterocycles. The highest BCUT2D eigenvalue weighted by Crippen LogP contribution is 2.18. The third-order valence-electron chi connectivity index (χ3n) is 3.62. The SMILES string of the molecule is CN=C(NCCCS(C)(=O)=O)N1CCc2ccccc2C1.I. The number of halogens is 1. The van der Waals surface area contributed by atoms with E-state index in [-0.39, 0.29) is 29.7 Å². The second kappa shape index (κ2) is 8.71. The maximum absolute atomic E-state index is 11.1. The first-order valence-electron chi connectivity index (χ1n) is 7.20. The Morgan fingerprint density at radius 2 is 2.00 bits per heavy atom. The van der Waals surface area contributed by atoms with Crippen molar-refractivity contribution in [1.29, 1.82) is 0 Å². The predicted molar refractivity (Wildman–Crippen MR) is 102 cm³/mol. The van der Waals surface area contributed by atoms with Gasteiger partial charge in [0.2, 0.25) is 0 Å². The van der Waals surface area contributed by atoms with Crippen molar-refractivity contribution in [2.24, 2.45) is 4.99 Å². The summed E-state index contributed by atoms with van der Waals surface area (Å²) >= 11 is 0. The standard InChI is InChI=1S/C15H23N3O2S.HI/c1-16-15(17-9-5-11-21(2,19)20)18-10-8-13-6-3-4-7-14(13)12-18;/h3-4,6-7H,5,8-12H2,1-2H3,(H,16,17);1H. The van der Waals surface area contributed by atoms with Gasteiger partial charge in [0.1, 0.15) is 9.84 Å². The number of aliphatic imine (C=N–C) groups is 1. The summed E-state index contributed by atoms with van der Waals surface area (Å²) in [7, 11) is -1.12. The molecular weight excluding hydrogens is 413 g/mol. The zero-order valence-corrected chi connectivity index (χ0v) is 16.2. The maximum Gasteiger partial charge on any atom is 0.193 e. The quantitative estimate of drug-likeness (QED) is 0.337. The van der Waals surface area contributed by atoms with Gasteiger partial charge in [-0.15, -0.1) is 24.0 Å². The van der Waals surface area contributed by atoms with Crippen LogP contribution in [0, 0.1) is 0 Å². The molecule has 0 unspecified atom stereocenters. The van der Waals surface area contributed by atoms with Crippen molar-refractivity contribution in [2.45, 2.75) is 19.4 Å². The number of hydrogen-bond acceptors (Lipinski definition) is 3.